The Hall–Kier alpha value is -4.11. The van der Waals surface area contributed by atoms with Gasteiger partial charge in [0.05, 0.1) is 11.6 Å². The summed E-state index contributed by atoms with van der Waals surface area (Å²) in [7, 11) is 0. The van der Waals surface area contributed by atoms with Crippen molar-refractivity contribution in [2.75, 3.05) is 18.4 Å². The Kier molecular flexibility index (Phi) is 6.13. The molecule has 1 aliphatic carbocycles. The van der Waals surface area contributed by atoms with Gasteiger partial charge in [0.2, 0.25) is 0 Å². The average Bonchev–Trinajstić information content (AvgIpc) is 3.59. The number of hydrogen-bond acceptors (Lipinski definition) is 6. The number of hydrogen-bond donors (Lipinski definition) is 4. The van der Waals surface area contributed by atoms with Gasteiger partial charge in [-0.15, -0.1) is 0 Å². The van der Waals surface area contributed by atoms with Crippen LogP contribution in [-0.4, -0.2) is 39.2 Å². The van der Waals surface area contributed by atoms with Crippen LogP contribution in [0, 0.1) is 5.82 Å². The molecule has 1 fully saturated rings. The van der Waals surface area contributed by atoms with Crippen molar-refractivity contribution >= 4 is 11.6 Å². The molecule has 188 valence electrons. The molecule has 1 amide bonds. The van der Waals surface area contributed by atoms with Gasteiger partial charge in [-0.2, -0.15) is 5.10 Å². The number of benzene rings is 2. The van der Waals surface area contributed by atoms with Gasteiger partial charge in [-0.05, 0) is 86.3 Å². The minimum atomic E-state index is -0.458. The summed E-state index contributed by atoms with van der Waals surface area (Å²) in [5, 5.41) is 17.8. The van der Waals surface area contributed by atoms with E-state index < -0.39 is 5.54 Å². The van der Waals surface area contributed by atoms with Crippen molar-refractivity contribution in [2.45, 2.75) is 37.3 Å². The normalized spacial score (nSPS) is 18.2. The van der Waals surface area contributed by atoms with Crippen LogP contribution >= 0.6 is 0 Å². The molecule has 0 saturated carbocycles. The number of fused-ring (bicyclic) bond motifs is 1. The summed E-state index contributed by atoms with van der Waals surface area (Å²) in [6, 6.07) is 16.1. The van der Waals surface area contributed by atoms with Gasteiger partial charge >= 0.3 is 0 Å². The molecule has 0 radical (unpaired) electrons. The Morgan fingerprint density at radius 2 is 1.86 bits per heavy atom. The highest BCUT2D eigenvalue weighted by Crippen LogP contribution is 2.35. The maximum Gasteiger partial charge on any atom is 0.251 e. The summed E-state index contributed by atoms with van der Waals surface area (Å²) >= 11 is 0. The van der Waals surface area contributed by atoms with Gasteiger partial charge in [-0.25, -0.2) is 9.37 Å². The van der Waals surface area contributed by atoms with E-state index in [1.807, 2.05) is 36.4 Å². The number of nitrogens with one attached hydrogen (secondary N) is 4. The number of anilines is 1. The van der Waals surface area contributed by atoms with Crippen molar-refractivity contribution in [2.24, 2.45) is 0 Å². The highest BCUT2D eigenvalue weighted by molar-refractivity contribution is 5.95. The molecule has 1 saturated heterocycles. The van der Waals surface area contributed by atoms with Crippen LogP contribution in [0.5, 0.6) is 0 Å². The molecule has 8 nitrogen and oxygen atoms in total. The molecular weight excluding hydrogens is 469 g/mol. The summed E-state index contributed by atoms with van der Waals surface area (Å²) < 4.78 is 14.1. The second kappa shape index (κ2) is 9.74. The van der Waals surface area contributed by atoms with Gasteiger partial charge in [-0.3, -0.25) is 14.9 Å². The van der Waals surface area contributed by atoms with Gasteiger partial charge in [0.1, 0.15) is 5.82 Å². The number of amides is 1. The Balaban J connectivity index is 1.23. The number of halogens is 1. The number of H-pyrrole nitrogens is 1. The van der Waals surface area contributed by atoms with E-state index in [-0.39, 0.29) is 17.8 Å². The Labute approximate surface area is 214 Å². The minimum Gasteiger partial charge on any atom is -0.373 e. The van der Waals surface area contributed by atoms with Crippen molar-refractivity contribution in [3.05, 3.63) is 95.3 Å². The molecule has 4 aromatic rings. The molecule has 0 bridgehead atoms. The van der Waals surface area contributed by atoms with Crippen molar-refractivity contribution < 1.29 is 9.18 Å². The van der Waals surface area contributed by atoms with Crippen molar-refractivity contribution in [3.63, 3.8) is 0 Å². The summed E-state index contributed by atoms with van der Waals surface area (Å²) in [5.41, 5.74) is 3.39. The Morgan fingerprint density at radius 1 is 1.05 bits per heavy atom. The van der Waals surface area contributed by atoms with Crippen LogP contribution in [0.4, 0.5) is 10.1 Å². The first-order valence-electron chi connectivity index (χ1n) is 12.6. The molecule has 2 aromatic heterocycles. The van der Waals surface area contributed by atoms with E-state index in [4.69, 9.17) is 4.98 Å². The maximum absolute atomic E-state index is 14.1. The summed E-state index contributed by atoms with van der Waals surface area (Å²) in [6.07, 6.45) is 6.38. The Bertz CT molecular complexity index is 1420. The van der Waals surface area contributed by atoms with E-state index >= 15 is 0 Å². The zero-order chi connectivity index (χ0) is 25.2. The molecule has 4 N–H and O–H groups in total. The first kappa shape index (κ1) is 23.3. The fraction of sp³-hybridized carbons (Fsp3) is 0.286. The predicted molar refractivity (Wildman–Crippen MR) is 138 cm³/mol. The lowest BCUT2D eigenvalue weighted by atomic mass is 9.87. The topological polar surface area (TPSA) is 108 Å². The SMILES string of the molecule is O=C(NC1CCc2c(F)cccc21)c1cccc(NC2(c3nc(-c4ccncc4)n[nH]3)CCNCC2)c1. The van der Waals surface area contributed by atoms with E-state index in [1.165, 1.54) is 6.07 Å². The fourth-order valence-electron chi connectivity index (χ4n) is 5.40. The van der Waals surface area contributed by atoms with E-state index in [0.717, 1.165) is 48.6 Å². The van der Waals surface area contributed by atoms with Gasteiger partial charge in [0, 0.05) is 29.2 Å². The van der Waals surface area contributed by atoms with Crippen LogP contribution in [0.25, 0.3) is 11.4 Å². The number of aromatic nitrogens is 4. The number of piperidine rings is 1. The van der Waals surface area contributed by atoms with Crippen LogP contribution in [-0.2, 0) is 12.0 Å². The number of nitrogens with zero attached hydrogens (tertiary/aromatic N) is 3. The number of rotatable bonds is 6. The molecule has 0 spiro atoms. The summed E-state index contributed by atoms with van der Waals surface area (Å²) in [4.78, 5) is 22.1. The number of carbonyl (C=O) groups is 1. The van der Waals surface area contributed by atoms with Crippen molar-refractivity contribution in [3.8, 4) is 11.4 Å². The molecule has 1 aliphatic heterocycles. The standard InChI is InChI=1S/C28H28FN7O/c29-23-6-2-5-22-21(23)7-8-24(22)32-26(37)19-3-1-4-20(17-19)34-28(11-15-31-16-12-28)27-33-25(35-36-27)18-9-13-30-14-10-18/h1-6,9-10,13-14,17,24,31,34H,7-8,11-12,15-16H2,(H,32,37)(H,33,35,36). The van der Waals surface area contributed by atoms with Crippen LogP contribution < -0.4 is 16.0 Å². The first-order chi connectivity index (χ1) is 18.1. The smallest absolute Gasteiger partial charge is 0.251 e. The Morgan fingerprint density at radius 3 is 2.70 bits per heavy atom. The van der Waals surface area contributed by atoms with Gasteiger partial charge in [0.15, 0.2) is 11.6 Å². The molecule has 1 unspecified atom stereocenters. The van der Waals surface area contributed by atoms with Crippen molar-refractivity contribution in [1.82, 2.24) is 30.8 Å². The number of aromatic amines is 1. The molecular formula is C28H28FN7O. The number of pyridine rings is 1. The molecule has 6 rings (SSSR count). The molecule has 9 heteroatoms. The summed E-state index contributed by atoms with van der Waals surface area (Å²) in [6.45, 7) is 1.66. The molecule has 3 heterocycles. The maximum atomic E-state index is 14.1. The van der Waals surface area contributed by atoms with E-state index in [0.29, 0.717) is 29.8 Å². The van der Waals surface area contributed by atoms with Crippen LogP contribution in [0.1, 0.15) is 52.6 Å². The first-order valence-corrected chi connectivity index (χ1v) is 12.6. The lowest BCUT2D eigenvalue weighted by Gasteiger charge is -2.37. The van der Waals surface area contributed by atoms with Gasteiger partial charge in [0.25, 0.3) is 5.91 Å². The quantitative estimate of drug-likeness (QED) is 0.319. The van der Waals surface area contributed by atoms with E-state index in [1.54, 1.807) is 24.5 Å². The zero-order valence-electron chi connectivity index (χ0n) is 20.3. The minimum absolute atomic E-state index is 0.176. The lowest BCUT2D eigenvalue weighted by Crippen LogP contribution is -2.46. The third-order valence-corrected chi connectivity index (χ3v) is 7.36. The second-order valence-electron chi connectivity index (χ2n) is 9.65. The van der Waals surface area contributed by atoms with Gasteiger partial charge < -0.3 is 16.0 Å². The summed E-state index contributed by atoms with van der Waals surface area (Å²) in [5.74, 6) is 1.01. The molecule has 2 aliphatic rings. The number of carbonyl (C=O) groups excluding carboxylic acids is 1. The second-order valence-corrected chi connectivity index (χ2v) is 9.65. The van der Waals surface area contributed by atoms with Crippen LogP contribution in [0.3, 0.4) is 0 Å². The molecule has 37 heavy (non-hydrogen) atoms. The third kappa shape index (κ3) is 4.58. The zero-order valence-corrected chi connectivity index (χ0v) is 20.3. The highest BCUT2D eigenvalue weighted by atomic mass is 19.1. The predicted octanol–water partition coefficient (Wildman–Crippen LogP) is 4.11. The molecule has 1 atom stereocenters. The average molecular weight is 498 g/mol. The third-order valence-electron chi connectivity index (χ3n) is 7.36. The largest absolute Gasteiger partial charge is 0.373 e. The van der Waals surface area contributed by atoms with Gasteiger partial charge in [-0.1, -0.05) is 18.2 Å². The van der Waals surface area contributed by atoms with Crippen molar-refractivity contribution in [1.29, 1.82) is 0 Å². The highest BCUT2D eigenvalue weighted by Gasteiger charge is 2.37. The lowest BCUT2D eigenvalue weighted by molar-refractivity contribution is 0.0936. The van der Waals surface area contributed by atoms with E-state index in [9.17, 15) is 9.18 Å². The monoisotopic (exact) mass is 497 g/mol. The van der Waals surface area contributed by atoms with Crippen LogP contribution in [0.2, 0.25) is 0 Å². The van der Waals surface area contributed by atoms with E-state index in [2.05, 4.69) is 31.1 Å². The molecule has 2 aromatic carbocycles. The van der Waals surface area contributed by atoms with Crippen LogP contribution in [0.15, 0.2) is 67.0 Å². The fourth-order valence-corrected chi connectivity index (χ4v) is 5.40.